The van der Waals surface area contributed by atoms with Crippen molar-refractivity contribution in [1.29, 1.82) is 5.26 Å². The van der Waals surface area contributed by atoms with Crippen molar-refractivity contribution in [3.63, 3.8) is 0 Å². The van der Waals surface area contributed by atoms with Crippen LogP contribution in [0.3, 0.4) is 0 Å². The van der Waals surface area contributed by atoms with Crippen molar-refractivity contribution in [2.24, 2.45) is 0 Å². The van der Waals surface area contributed by atoms with Gasteiger partial charge in [-0.1, -0.05) is 24.3 Å². The van der Waals surface area contributed by atoms with E-state index in [0.29, 0.717) is 32.4 Å². The first-order chi connectivity index (χ1) is 14.0. The monoisotopic (exact) mass is 422 g/mol. The Morgan fingerprint density at radius 2 is 1.90 bits per heavy atom. The molecule has 0 saturated heterocycles. The van der Waals surface area contributed by atoms with Crippen LogP contribution in [0.5, 0.6) is 0 Å². The maximum absolute atomic E-state index is 12.6. The summed E-state index contributed by atoms with van der Waals surface area (Å²) in [6, 6.07) is 18.4. The summed E-state index contributed by atoms with van der Waals surface area (Å²) in [5, 5.41) is 15.4. The topological polar surface area (TPSA) is 108 Å². The highest BCUT2D eigenvalue weighted by Crippen LogP contribution is 2.33. The molecule has 0 aliphatic carbocycles. The van der Waals surface area contributed by atoms with Gasteiger partial charge in [0.15, 0.2) is 0 Å². The van der Waals surface area contributed by atoms with E-state index in [0.717, 1.165) is 16.2 Å². The van der Waals surface area contributed by atoms with Crippen molar-refractivity contribution >= 4 is 51.3 Å². The first-order valence-electron chi connectivity index (χ1n) is 8.66. The van der Waals surface area contributed by atoms with Gasteiger partial charge in [0.25, 0.3) is 5.91 Å². The molecule has 146 valence electrons. The van der Waals surface area contributed by atoms with Crippen LogP contribution in [-0.4, -0.2) is 17.6 Å². The van der Waals surface area contributed by atoms with E-state index in [1.165, 1.54) is 11.8 Å². The summed E-state index contributed by atoms with van der Waals surface area (Å²) < 4.78 is 0. The number of nitrogens with one attached hydrogen (secondary N) is 2. The standard InChI is InChI=1S/C21H18N4O2S2/c1-13-17(11-22)21(25-18(26)12-28-16-9-5-6-14(23)10-16)29-19(13)20(27)24-15-7-3-2-4-8-15/h2-10H,12,23H2,1H3,(H,24,27)(H,25,26). The third-order valence-electron chi connectivity index (χ3n) is 3.98. The Morgan fingerprint density at radius 3 is 2.59 bits per heavy atom. The predicted molar refractivity (Wildman–Crippen MR) is 118 cm³/mol. The van der Waals surface area contributed by atoms with Gasteiger partial charge >= 0.3 is 0 Å². The molecule has 0 fully saturated rings. The Bertz CT molecular complexity index is 1090. The van der Waals surface area contributed by atoms with Gasteiger partial charge in [0.05, 0.1) is 16.2 Å². The van der Waals surface area contributed by atoms with E-state index in [1.807, 2.05) is 30.3 Å². The minimum atomic E-state index is -0.315. The van der Waals surface area contributed by atoms with Crippen LogP contribution < -0.4 is 16.4 Å². The normalized spacial score (nSPS) is 10.2. The van der Waals surface area contributed by atoms with Crippen LogP contribution in [0.1, 0.15) is 20.8 Å². The Labute approximate surface area is 176 Å². The number of rotatable bonds is 6. The maximum atomic E-state index is 12.6. The number of anilines is 3. The molecular weight excluding hydrogens is 404 g/mol. The number of benzene rings is 2. The summed E-state index contributed by atoms with van der Waals surface area (Å²) in [7, 11) is 0. The third-order valence-corrected chi connectivity index (χ3v) is 6.18. The van der Waals surface area contributed by atoms with E-state index in [-0.39, 0.29) is 17.6 Å². The third kappa shape index (κ3) is 5.16. The number of carbonyl (C=O) groups is 2. The number of thiophene rings is 1. The molecule has 6 nitrogen and oxygen atoms in total. The number of carbonyl (C=O) groups excluding carboxylic acids is 2. The second-order valence-corrected chi connectivity index (χ2v) is 8.17. The first-order valence-corrected chi connectivity index (χ1v) is 10.5. The molecule has 4 N–H and O–H groups in total. The van der Waals surface area contributed by atoms with Gasteiger partial charge in [-0.15, -0.1) is 23.1 Å². The van der Waals surface area contributed by atoms with Crippen molar-refractivity contribution in [3.8, 4) is 6.07 Å². The van der Waals surface area contributed by atoms with E-state index < -0.39 is 0 Å². The zero-order valence-corrected chi connectivity index (χ0v) is 17.2. The number of thioether (sulfide) groups is 1. The molecule has 1 heterocycles. The van der Waals surface area contributed by atoms with E-state index in [9.17, 15) is 14.9 Å². The van der Waals surface area contributed by atoms with E-state index in [4.69, 9.17) is 5.73 Å². The average Bonchev–Trinajstić information content (AvgIpc) is 3.02. The number of nitrogen functional groups attached to an aromatic ring is 1. The molecule has 2 aromatic carbocycles. The van der Waals surface area contributed by atoms with Crippen molar-refractivity contribution in [2.45, 2.75) is 11.8 Å². The molecule has 0 radical (unpaired) electrons. The summed E-state index contributed by atoms with van der Waals surface area (Å²) in [5.74, 6) is -0.411. The molecule has 0 unspecified atom stereocenters. The minimum Gasteiger partial charge on any atom is -0.399 e. The highest BCUT2D eigenvalue weighted by atomic mass is 32.2. The number of amides is 2. The molecule has 0 aliphatic rings. The second-order valence-electron chi connectivity index (χ2n) is 6.10. The summed E-state index contributed by atoms with van der Waals surface area (Å²) in [6.45, 7) is 1.70. The van der Waals surface area contributed by atoms with Gasteiger partial charge < -0.3 is 16.4 Å². The number of nitriles is 1. The quantitative estimate of drug-likeness (QED) is 0.401. The molecule has 3 aromatic rings. The Kier molecular flexibility index (Phi) is 6.54. The molecule has 29 heavy (non-hydrogen) atoms. The van der Waals surface area contributed by atoms with Gasteiger partial charge in [-0.25, -0.2) is 0 Å². The largest absolute Gasteiger partial charge is 0.399 e. The summed E-state index contributed by atoms with van der Waals surface area (Å²) >= 11 is 2.44. The summed E-state index contributed by atoms with van der Waals surface area (Å²) in [6.07, 6.45) is 0. The lowest BCUT2D eigenvalue weighted by Crippen LogP contribution is -2.13. The smallest absolute Gasteiger partial charge is 0.266 e. The molecule has 0 saturated carbocycles. The fourth-order valence-electron chi connectivity index (χ4n) is 2.58. The van der Waals surface area contributed by atoms with Crippen molar-refractivity contribution < 1.29 is 9.59 Å². The van der Waals surface area contributed by atoms with Crippen LogP contribution in [-0.2, 0) is 4.79 Å². The lowest BCUT2D eigenvalue weighted by molar-refractivity contribution is -0.113. The Hall–Kier alpha value is -3.28. The molecule has 0 spiro atoms. The van der Waals surface area contributed by atoms with Gasteiger partial charge in [-0.2, -0.15) is 5.26 Å². The van der Waals surface area contributed by atoms with Crippen molar-refractivity contribution in [2.75, 3.05) is 22.1 Å². The minimum absolute atomic E-state index is 0.164. The van der Waals surface area contributed by atoms with Crippen LogP contribution in [0.25, 0.3) is 0 Å². The molecule has 0 atom stereocenters. The van der Waals surface area contributed by atoms with E-state index >= 15 is 0 Å². The van der Waals surface area contributed by atoms with Crippen molar-refractivity contribution in [1.82, 2.24) is 0 Å². The lowest BCUT2D eigenvalue weighted by Gasteiger charge is -2.04. The number of hydrogen-bond acceptors (Lipinski definition) is 6. The predicted octanol–water partition coefficient (Wildman–Crippen LogP) is 4.49. The molecule has 2 amide bonds. The summed E-state index contributed by atoms with van der Waals surface area (Å²) in [5.41, 5.74) is 7.88. The average molecular weight is 423 g/mol. The highest BCUT2D eigenvalue weighted by Gasteiger charge is 2.21. The van der Waals surface area contributed by atoms with Gasteiger partial charge in [-0.05, 0) is 42.8 Å². The van der Waals surface area contributed by atoms with Gasteiger partial charge in [-0.3, -0.25) is 9.59 Å². The lowest BCUT2D eigenvalue weighted by atomic mass is 10.1. The fourth-order valence-corrected chi connectivity index (χ4v) is 4.41. The maximum Gasteiger partial charge on any atom is 0.266 e. The number of nitrogens with zero attached hydrogens (tertiary/aromatic N) is 1. The highest BCUT2D eigenvalue weighted by molar-refractivity contribution is 8.00. The van der Waals surface area contributed by atoms with Gasteiger partial charge in [0.2, 0.25) is 5.91 Å². The molecule has 1 aromatic heterocycles. The zero-order chi connectivity index (χ0) is 20.8. The molecule has 0 aliphatic heterocycles. The first kappa shape index (κ1) is 20.5. The summed E-state index contributed by atoms with van der Waals surface area (Å²) in [4.78, 5) is 26.2. The second kappa shape index (κ2) is 9.28. The van der Waals surface area contributed by atoms with Crippen LogP contribution in [0, 0.1) is 18.3 Å². The fraction of sp³-hybridized carbons (Fsp3) is 0.0952. The molecule has 3 rings (SSSR count). The van der Waals surface area contributed by atoms with Gasteiger partial charge in [0.1, 0.15) is 11.1 Å². The number of hydrogen-bond donors (Lipinski definition) is 3. The van der Waals surface area contributed by atoms with E-state index in [1.54, 1.807) is 31.2 Å². The number of para-hydroxylation sites is 1. The Morgan fingerprint density at radius 1 is 1.14 bits per heavy atom. The van der Waals surface area contributed by atoms with E-state index in [2.05, 4.69) is 16.7 Å². The van der Waals surface area contributed by atoms with Crippen LogP contribution in [0.15, 0.2) is 59.5 Å². The van der Waals surface area contributed by atoms with Crippen LogP contribution in [0.4, 0.5) is 16.4 Å². The zero-order valence-electron chi connectivity index (χ0n) is 15.6. The van der Waals surface area contributed by atoms with Gasteiger partial charge in [0, 0.05) is 16.3 Å². The van der Waals surface area contributed by atoms with Crippen LogP contribution >= 0.6 is 23.1 Å². The SMILES string of the molecule is Cc1c(C(=O)Nc2ccccc2)sc(NC(=O)CSc2cccc(N)c2)c1C#N. The molecule has 8 heteroatoms. The van der Waals surface area contributed by atoms with Crippen LogP contribution in [0.2, 0.25) is 0 Å². The Balaban J connectivity index is 1.70. The number of nitrogens with two attached hydrogens (primary N) is 1. The molecule has 0 bridgehead atoms. The molecular formula is C21H18N4O2S2. The van der Waals surface area contributed by atoms with Crippen molar-refractivity contribution in [3.05, 3.63) is 70.6 Å².